The zero-order valence-corrected chi connectivity index (χ0v) is 29.2. The fourth-order valence-electron chi connectivity index (χ4n) is 4.92. The van der Waals surface area contributed by atoms with Gasteiger partial charge in [-0.1, -0.05) is 102 Å². The number of carbonyl (C=O) groups is 3. The largest absolute Gasteiger partial charge is 0.321 e. The van der Waals surface area contributed by atoms with E-state index in [1.165, 1.54) is 28.7 Å². The highest BCUT2D eigenvalue weighted by Gasteiger charge is 2.23. The van der Waals surface area contributed by atoms with E-state index in [4.69, 9.17) is 11.6 Å². The van der Waals surface area contributed by atoms with Crippen molar-refractivity contribution in [1.82, 2.24) is 10.3 Å². The maximum Gasteiger partial charge on any atom is 0.272 e. The van der Waals surface area contributed by atoms with Crippen LogP contribution in [-0.4, -0.2) is 22.7 Å². The summed E-state index contributed by atoms with van der Waals surface area (Å²) in [5.41, 5.74) is 5.42. The predicted molar refractivity (Wildman–Crippen MR) is 204 cm³/mol. The Hall–Kier alpha value is -5.48. The smallest absolute Gasteiger partial charge is 0.272 e. The molecule has 3 N–H and O–H groups in total. The molecule has 3 amide bonds. The molecule has 7 nitrogen and oxygen atoms in total. The third-order valence-electron chi connectivity index (χ3n) is 7.48. The molecule has 1 aromatic heterocycles. The number of rotatable bonds is 11. The van der Waals surface area contributed by atoms with Crippen LogP contribution in [0.4, 0.5) is 10.8 Å². The van der Waals surface area contributed by atoms with Gasteiger partial charge in [-0.05, 0) is 72.7 Å². The highest BCUT2D eigenvalue weighted by molar-refractivity contribution is 8.00. The van der Waals surface area contributed by atoms with E-state index in [0.29, 0.717) is 27.0 Å². The fourth-order valence-corrected chi connectivity index (χ4v) is 6.86. The lowest BCUT2D eigenvalue weighted by atomic mass is 10.1. The van der Waals surface area contributed by atoms with E-state index < -0.39 is 17.1 Å². The van der Waals surface area contributed by atoms with Gasteiger partial charge in [-0.3, -0.25) is 14.4 Å². The number of thiazole rings is 1. The second-order valence-electron chi connectivity index (χ2n) is 11.2. The minimum absolute atomic E-state index is 0.0492. The summed E-state index contributed by atoms with van der Waals surface area (Å²) >= 11 is 8.94. The van der Waals surface area contributed by atoms with Crippen LogP contribution in [0.25, 0.3) is 17.3 Å². The van der Waals surface area contributed by atoms with Crippen LogP contribution in [0.5, 0.6) is 0 Å². The first-order chi connectivity index (χ1) is 24.3. The van der Waals surface area contributed by atoms with Gasteiger partial charge in [0.2, 0.25) is 5.91 Å². The molecule has 0 aliphatic rings. The third-order valence-corrected chi connectivity index (χ3v) is 9.74. The quantitative estimate of drug-likeness (QED) is 0.0917. The monoisotopic (exact) mass is 714 g/mol. The molecule has 5 aromatic carbocycles. The summed E-state index contributed by atoms with van der Waals surface area (Å²) in [5, 5.41) is 11.0. The Morgan fingerprint density at radius 1 is 0.800 bits per heavy atom. The zero-order chi connectivity index (χ0) is 34.9. The Morgan fingerprint density at radius 2 is 1.50 bits per heavy atom. The van der Waals surface area contributed by atoms with E-state index in [-0.39, 0.29) is 11.6 Å². The van der Waals surface area contributed by atoms with Crippen LogP contribution < -0.4 is 16.0 Å². The Balaban J connectivity index is 1.17. The molecular formula is C40H31ClN4O3S2. The second-order valence-corrected chi connectivity index (χ2v) is 13.7. The van der Waals surface area contributed by atoms with E-state index in [1.54, 1.807) is 66.7 Å². The number of carbonyl (C=O) groups excluding carboxylic acids is 3. The number of benzene rings is 5. The van der Waals surface area contributed by atoms with Gasteiger partial charge in [-0.15, -0.1) is 23.1 Å². The van der Waals surface area contributed by atoms with Gasteiger partial charge in [0, 0.05) is 32.1 Å². The maximum absolute atomic E-state index is 13.7. The van der Waals surface area contributed by atoms with Crippen molar-refractivity contribution in [2.75, 3.05) is 10.6 Å². The standard InChI is InChI=1S/C40H31ClN4O3S2/c1-26-15-17-28(18-16-26)35-25-49-40(44-35)45-39(48)36(29-10-4-2-5-11-29)50-33-21-19-32(20-22-33)42-38(47)34(24-27-9-8-14-31(41)23-27)43-37(46)30-12-6-3-7-13-30/h2-25,36H,1H3,(H,42,47)(H,43,46)(H,44,45,48)/b34-24-. The van der Waals surface area contributed by atoms with E-state index in [1.807, 2.05) is 85.1 Å². The molecule has 1 atom stereocenters. The molecule has 0 bridgehead atoms. The molecule has 0 saturated carbocycles. The molecule has 6 rings (SSSR count). The summed E-state index contributed by atoms with van der Waals surface area (Å²) in [6.07, 6.45) is 1.57. The van der Waals surface area contributed by atoms with Crippen LogP contribution in [0.1, 0.15) is 32.3 Å². The number of aryl methyl sites for hydroxylation is 1. The van der Waals surface area contributed by atoms with Crippen molar-refractivity contribution in [3.05, 3.63) is 172 Å². The highest BCUT2D eigenvalue weighted by Crippen LogP contribution is 2.37. The normalized spacial score (nSPS) is 11.8. The predicted octanol–water partition coefficient (Wildman–Crippen LogP) is 9.65. The number of thioether (sulfide) groups is 1. The topological polar surface area (TPSA) is 100 Å². The van der Waals surface area contributed by atoms with Crippen LogP contribution in [0.15, 0.2) is 149 Å². The number of amides is 3. The van der Waals surface area contributed by atoms with Gasteiger partial charge in [0.15, 0.2) is 5.13 Å². The van der Waals surface area contributed by atoms with Gasteiger partial charge < -0.3 is 16.0 Å². The number of aromatic nitrogens is 1. The first-order valence-electron chi connectivity index (χ1n) is 15.6. The maximum atomic E-state index is 13.7. The Morgan fingerprint density at radius 3 is 2.20 bits per heavy atom. The average molecular weight is 715 g/mol. The van der Waals surface area contributed by atoms with Crippen LogP contribution in [0.3, 0.4) is 0 Å². The summed E-state index contributed by atoms with van der Waals surface area (Å²) in [4.78, 5) is 45.6. The van der Waals surface area contributed by atoms with Crippen molar-refractivity contribution in [3.63, 3.8) is 0 Å². The van der Waals surface area contributed by atoms with E-state index in [2.05, 4.69) is 20.9 Å². The van der Waals surface area contributed by atoms with E-state index in [9.17, 15) is 14.4 Å². The molecule has 10 heteroatoms. The van der Waals surface area contributed by atoms with Gasteiger partial charge in [0.05, 0.1) is 5.69 Å². The van der Waals surface area contributed by atoms with Crippen molar-refractivity contribution in [2.45, 2.75) is 17.1 Å². The van der Waals surface area contributed by atoms with Gasteiger partial charge in [-0.25, -0.2) is 4.98 Å². The second kappa shape index (κ2) is 16.3. The average Bonchev–Trinajstić information content (AvgIpc) is 3.60. The number of halogens is 1. The van der Waals surface area contributed by atoms with Crippen LogP contribution >= 0.6 is 34.7 Å². The van der Waals surface area contributed by atoms with Gasteiger partial charge in [0.25, 0.3) is 11.8 Å². The van der Waals surface area contributed by atoms with E-state index in [0.717, 1.165) is 21.7 Å². The van der Waals surface area contributed by atoms with Crippen molar-refractivity contribution in [1.29, 1.82) is 0 Å². The van der Waals surface area contributed by atoms with Gasteiger partial charge in [0.1, 0.15) is 10.9 Å². The SMILES string of the molecule is Cc1ccc(-c2csc(NC(=O)C(Sc3ccc(NC(=O)/C(=C/c4cccc(Cl)c4)NC(=O)c4ccccc4)cc3)c3ccccc3)n2)cc1. The molecule has 0 aliphatic heterocycles. The lowest BCUT2D eigenvalue weighted by molar-refractivity contribution is -0.116. The molecule has 1 heterocycles. The Labute approximate surface area is 303 Å². The molecule has 6 aromatic rings. The van der Waals surface area contributed by atoms with Crippen LogP contribution in [0, 0.1) is 6.92 Å². The first kappa shape index (κ1) is 34.4. The summed E-state index contributed by atoms with van der Waals surface area (Å²) in [6, 6.07) is 40.5. The lowest BCUT2D eigenvalue weighted by Crippen LogP contribution is -2.30. The lowest BCUT2D eigenvalue weighted by Gasteiger charge is -2.17. The van der Waals surface area contributed by atoms with E-state index >= 15 is 0 Å². The Kier molecular flexibility index (Phi) is 11.2. The minimum atomic E-state index is -0.566. The van der Waals surface area contributed by atoms with Crippen molar-refractivity contribution >= 4 is 69.3 Å². The number of nitrogens with zero attached hydrogens (tertiary/aromatic N) is 1. The molecule has 0 spiro atoms. The van der Waals surface area contributed by atoms with Gasteiger partial charge >= 0.3 is 0 Å². The van der Waals surface area contributed by atoms with Crippen molar-refractivity contribution in [2.24, 2.45) is 0 Å². The molecule has 0 aliphatic carbocycles. The third kappa shape index (κ3) is 9.15. The molecule has 50 heavy (non-hydrogen) atoms. The number of nitrogens with one attached hydrogen (secondary N) is 3. The minimum Gasteiger partial charge on any atom is -0.321 e. The van der Waals surface area contributed by atoms with Crippen molar-refractivity contribution < 1.29 is 14.4 Å². The number of hydrogen-bond acceptors (Lipinski definition) is 6. The molecule has 0 saturated heterocycles. The summed E-state index contributed by atoms with van der Waals surface area (Å²) < 4.78 is 0. The highest BCUT2D eigenvalue weighted by atomic mass is 35.5. The molecule has 0 radical (unpaired) electrons. The summed E-state index contributed by atoms with van der Waals surface area (Å²) in [6.45, 7) is 2.04. The number of hydrogen-bond donors (Lipinski definition) is 3. The number of anilines is 2. The molecule has 248 valence electrons. The Bertz CT molecular complexity index is 2140. The molecule has 0 fully saturated rings. The molecular weight excluding hydrogens is 684 g/mol. The molecule has 1 unspecified atom stereocenters. The van der Waals surface area contributed by atoms with Crippen molar-refractivity contribution in [3.8, 4) is 11.3 Å². The fraction of sp³-hybridized carbons (Fsp3) is 0.0500. The summed E-state index contributed by atoms with van der Waals surface area (Å²) in [5.74, 6) is -1.13. The van der Waals surface area contributed by atoms with Crippen LogP contribution in [-0.2, 0) is 9.59 Å². The zero-order valence-electron chi connectivity index (χ0n) is 26.8. The first-order valence-corrected chi connectivity index (χ1v) is 17.7. The van der Waals surface area contributed by atoms with Gasteiger partial charge in [-0.2, -0.15) is 0 Å². The van der Waals surface area contributed by atoms with Crippen LogP contribution in [0.2, 0.25) is 5.02 Å². The summed E-state index contributed by atoms with van der Waals surface area (Å²) in [7, 11) is 0.